The molecule has 1 aliphatic heterocycles. The number of anilines is 1. The van der Waals surface area contributed by atoms with Gasteiger partial charge in [-0.25, -0.2) is 4.98 Å². The van der Waals surface area contributed by atoms with Crippen LogP contribution in [0.1, 0.15) is 22.0 Å². The summed E-state index contributed by atoms with van der Waals surface area (Å²) in [5.41, 5.74) is 0.929. The standard InChI is InChI=1S/C24H20N2O5/c1-30-17-12-11-16(14-18(17)31-2)21-20(22(27)15-8-4-3-5-9-15)23(28)24(29)26(21)19-10-6-7-13-25-19/h3-14,20-21H,1-2H3. The van der Waals surface area contributed by atoms with Crippen LogP contribution in [0.3, 0.4) is 0 Å². The lowest BCUT2D eigenvalue weighted by Gasteiger charge is -2.27. The number of hydrogen-bond acceptors (Lipinski definition) is 6. The van der Waals surface area contributed by atoms with E-state index in [9.17, 15) is 14.4 Å². The average Bonchev–Trinajstić information content (AvgIpc) is 3.09. The van der Waals surface area contributed by atoms with Crippen LogP contribution < -0.4 is 14.4 Å². The highest BCUT2D eigenvalue weighted by Crippen LogP contribution is 2.42. The van der Waals surface area contributed by atoms with Crippen molar-refractivity contribution in [1.82, 2.24) is 4.98 Å². The molecule has 1 fully saturated rings. The van der Waals surface area contributed by atoms with Gasteiger partial charge in [0.15, 0.2) is 17.3 Å². The minimum absolute atomic E-state index is 0.295. The first kappa shape index (κ1) is 20.3. The second-order valence-corrected chi connectivity index (χ2v) is 6.99. The Morgan fingerprint density at radius 1 is 0.903 bits per heavy atom. The Morgan fingerprint density at radius 2 is 1.61 bits per heavy atom. The Kier molecular flexibility index (Phi) is 5.49. The molecule has 1 aromatic heterocycles. The summed E-state index contributed by atoms with van der Waals surface area (Å²) in [5.74, 6) is -1.95. The Morgan fingerprint density at radius 3 is 2.26 bits per heavy atom. The maximum Gasteiger partial charge on any atom is 0.297 e. The molecule has 0 N–H and O–H groups in total. The molecule has 0 radical (unpaired) electrons. The number of hydrogen-bond donors (Lipinski definition) is 0. The number of methoxy groups -OCH3 is 2. The van der Waals surface area contributed by atoms with Crippen LogP contribution in [0.25, 0.3) is 0 Å². The van der Waals surface area contributed by atoms with Gasteiger partial charge in [-0.15, -0.1) is 0 Å². The topological polar surface area (TPSA) is 85.8 Å². The van der Waals surface area contributed by atoms with Crippen molar-refractivity contribution in [2.75, 3.05) is 19.1 Å². The second-order valence-electron chi connectivity index (χ2n) is 6.99. The number of ether oxygens (including phenoxy) is 2. The molecule has 7 nitrogen and oxygen atoms in total. The van der Waals surface area contributed by atoms with Gasteiger partial charge in [-0.05, 0) is 29.8 Å². The van der Waals surface area contributed by atoms with E-state index in [1.165, 1.54) is 25.3 Å². The van der Waals surface area contributed by atoms with Gasteiger partial charge >= 0.3 is 0 Å². The molecule has 31 heavy (non-hydrogen) atoms. The van der Waals surface area contributed by atoms with Gasteiger partial charge in [0, 0.05) is 11.8 Å². The zero-order chi connectivity index (χ0) is 22.0. The SMILES string of the molecule is COc1ccc(C2C(C(=O)c3ccccc3)C(=O)C(=O)N2c2ccccn2)cc1OC. The fraction of sp³-hybridized carbons (Fsp3) is 0.167. The Bertz CT molecular complexity index is 1130. The fourth-order valence-electron chi connectivity index (χ4n) is 3.84. The van der Waals surface area contributed by atoms with E-state index in [-0.39, 0.29) is 0 Å². The molecule has 1 amide bonds. The molecule has 156 valence electrons. The molecule has 1 saturated heterocycles. The van der Waals surface area contributed by atoms with Crippen molar-refractivity contribution in [1.29, 1.82) is 0 Å². The number of benzene rings is 2. The van der Waals surface area contributed by atoms with Crippen LogP contribution in [0.2, 0.25) is 0 Å². The van der Waals surface area contributed by atoms with Crippen molar-refractivity contribution in [3.63, 3.8) is 0 Å². The van der Waals surface area contributed by atoms with Crippen molar-refractivity contribution in [2.45, 2.75) is 6.04 Å². The number of carbonyl (C=O) groups is 3. The highest BCUT2D eigenvalue weighted by molar-refractivity contribution is 6.48. The van der Waals surface area contributed by atoms with Crippen molar-refractivity contribution in [3.05, 3.63) is 84.1 Å². The predicted octanol–water partition coefficient (Wildman–Crippen LogP) is 3.25. The second kappa shape index (κ2) is 8.39. The van der Waals surface area contributed by atoms with Gasteiger partial charge in [0.25, 0.3) is 5.91 Å². The number of rotatable bonds is 6. The van der Waals surface area contributed by atoms with Crippen LogP contribution in [-0.4, -0.2) is 36.7 Å². The molecule has 0 spiro atoms. The van der Waals surface area contributed by atoms with Crippen LogP contribution in [-0.2, 0) is 9.59 Å². The van der Waals surface area contributed by atoms with Gasteiger partial charge in [-0.3, -0.25) is 19.3 Å². The van der Waals surface area contributed by atoms with Gasteiger partial charge in [-0.1, -0.05) is 42.5 Å². The minimum atomic E-state index is -1.21. The summed E-state index contributed by atoms with van der Waals surface area (Å²) >= 11 is 0. The van der Waals surface area contributed by atoms with Crippen molar-refractivity contribution in [2.24, 2.45) is 5.92 Å². The van der Waals surface area contributed by atoms with E-state index in [0.717, 1.165) is 0 Å². The number of carbonyl (C=O) groups excluding carboxylic acids is 3. The Labute approximate surface area is 179 Å². The van der Waals surface area contributed by atoms with Crippen LogP contribution in [0.15, 0.2) is 72.9 Å². The summed E-state index contributed by atoms with van der Waals surface area (Å²) in [4.78, 5) is 45.0. The molecule has 2 aromatic carbocycles. The molecule has 3 aromatic rings. The molecule has 7 heteroatoms. The fourth-order valence-corrected chi connectivity index (χ4v) is 3.84. The van der Waals surface area contributed by atoms with Crippen LogP contribution in [0.4, 0.5) is 5.82 Å². The van der Waals surface area contributed by atoms with Crippen LogP contribution in [0.5, 0.6) is 11.5 Å². The first-order chi connectivity index (χ1) is 15.1. The largest absolute Gasteiger partial charge is 0.493 e. The van der Waals surface area contributed by atoms with Gasteiger partial charge in [0.1, 0.15) is 11.7 Å². The normalized spacial score (nSPS) is 18.2. The van der Waals surface area contributed by atoms with Crippen molar-refractivity contribution < 1.29 is 23.9 Å². The van der Waals surface area contributed by atoms with E-state index in [1.54, 1.807) is 66.7 Å². The average molecular weight is 416 g/mol. The van der Waals surface area contributed by atoms with E-state index in [4.69, 9.17) is 9.47 Å². The smallest absolute Gasteiger partial charge is 0.297 e. The van der Waals surface area contributed by atoms with Gasteiger partial charge in [-0.2, -0.15) is 0 Å². The molecule has 4 rings (SSSR count). The van der Waals surface area contributed by atoms with E-state index in [2.05, 4.69) is 4.98 Å². The summed E-state index contributed by atoms with van der Waals surface area (Å²) < 4.78 is 10.7. The zero-order valence-electron chi connectivity index (χ0n) is 17.0. The lowest BCUT2D eigenvalue weighted by Crippen LogP contribution is -2.31. The quantitative estimate of drug-likeness (QED) is 0.348. The summed E-state index contributed by atoms with van der Waals surface area (Å²) in [5, 5.41) is 0. The summed E-state index contributed by atoms with van der Waals surface area (Å²) in [7, 11) is 3.01. The summed E-state index contributed by atoms with van der Waals surface area (Å²) in [6.45, 7) is 0. The van der Waals surface area contributed by atoms with E-state index >= 15 is 0 Å². The highest BCUT2D eigenvalue weighted by atomic mass is 16.5. The van der Waals surface area contributed by atoms with Gasteiger partial charge < -0.3 is 9.47 Å². The van der Waals surface area contributed by atoms with Crippen molar-refractivity contribution in [3.8, 4) is 11.5 Å². The van der Waals surface area contributed by atoms with Gasteiger partial charge in [0.2, 0.25) is 5.78 Å². The lowest BCUT2D eigenvalue weighted by atomic mass is 9.86. The van der Waals surface area contributed by atoms with Crippen LogP contribution >= 0.6 is 0 Å². The third kappa shape index (κ3) is 3.54. The van der Waals surface area contributed by atoms with E-state index < -0.39 is 29.4 Å². The zero-order valence-corrected chi connectivity index (χ0v) is 17.0. The number of ketones is 2. The first-order valence-corrected chi connectivity index (χ1v) is 9.66. The van der Waals surface area contributed by atoms with E-state index in [0.29, 0.717) is 28.4 Å². The Balaban J connectivity index is 1.88. The molecular formula is C24H20N2O5. The summed E-state index contributed by atoms with van der Waals surface area (Å²) in [6.07, 6.45) is 1.53. The first-order valence-electron chi connectivity index (χ1n) is 9.66. The molecule has 2 atom stereocenters. The maximum atomic E-state index is 13.4. The third-order valence-electron chi connectivity index (χ3n) is 5.29. The molecule has 0 saturated carbocycles. The third-order valence-corrected chi connectivity index (χ3v) is 5.29. The number of Topliss-reactive ketones (excluding diaryl/α,β-unsaturated/α-hetero) is 2. The molecule has 1 aliphatic rings. The van der Waals surface area contributed by atoms with Gasteiger partial charge in [0.05, 0.1) is 20.3 Å². The van der Waals surface area contributed by atoms with Crippen molar-refractivity contribution >= 4 is 23.3 Å². The molecule has 2 unspecified atom stereocenters. The number of pyridine rings is 1. The molecule has 0 bridgehead atoms. The Hall–Kier alpha value is -4.00. The predicted molar refractivity (Wildman–Crippen MR) is 113 cm³/mol. The van der Waals surface area contributed by atoms with E-state index in [1.807, 2.05) is 0 Å². The number of nitrogens with zero attached hydrogens (tertiary/aromatic N) is 2. The monoisotopic (exact) mass is 416 g/mol. The molecular weight excluding hydrogens is 396 g/mol. The maximum absolute atomic E-state index is 13.4. The number of aromatic nitrogens is 1. The lowest BCUT2D eigenvalue weighted by molar-refractivity contribution is -0.135. The highest BCUT2D eigenvalue weighted by Gasteiger charge is 2.52. The minimum Gasteiger partial charge on any atom is -0.493 e. The summed E-state index contributed by atoms with van der Waals surface area (Å²) in [6, 6.07) is 17.8. The van der Waals surface area contributed by atoms with Crippen LogP contribution in [0, 0.1) is 5.92 Å². The molecule has 0 aliphatic carbocycles. The molecule has 2 heterocycles. The number of amides is 1.